The summed E-state index contributed by atoms with van der Waals surface area (Å²) in [5, 5.41) is 2.58. The number of aromatic nitrogens is 1. The first kappa shape index (κ1) is 15.2. The summed E-state index contributed by atoms with van der Waals surface area (Å²) in [5.41, 5.74) is 5.92. The smallest absolute Gasteiger partial charge is 0.250 e. The van der Waals surface area contributed by atoms with Gasteiger partial charge < -0.3 is 15.6 Å². The Kier molecular flexibility index (Phi) is 4.74. The number of hydrogen-bond acceptors (Lipinski definition) is 3. The standard InChI is InChI=1S/C14H13BrFN3O2/c15-9-1-4-14(21)19(8-9)6-5-13(20)18-12-3-2-10(16)7-11(12)17/h1-4,7-8H,5-6,17H2,(H,18,20). The predicted octanol–water partition coefficient (Wildman–Crippen LogP) is 2.36. The largest absolute Gasteiger partial charge is 0.397 e. The van der Waals surface area contributed by atoms with E-state index in [1.165, 1.54) is 22.8 Å². The van der Waals surface area contributed by atoms with Gasteiger partial charge in [-0.15, -0.1) is 0 Å². The van der Waals surface area contributed by atoms with Crippen molar-refractivity contribution in [2.75, 3.05) is 11.1 Å². The third-order valence-corrected chi connectivity index (χ3v) is 3.28. The van der Waals surface area contributed by atoms with Crippen LogP contribution in [-0.2, 0) is 11.3 Å². The highest BCUT2D eigenvalue weighted by Crippen LogP contribution is 2.19. The molecule has 0 fully saturated rings. The summed E-state index contributed by atoms with van der Waals surface area (Å²) in [6.07, 6.45) is 1.72. The average Bonchev–Trinajstić information content (AvgIpc) is 2.43. The summed E-state index contributed by atoms with van der Waals surface area (Å²) >= 11 is 3.26. The fraction of sp³-hybridized carbons (Fsp3) is 0.143. The Balaban J connectivity index is 1.99. The molecule has 7 heteroatoms. The third kappa shape index (κ3) is 4.16. The number of amides is 1. The van der Waals surface area contributed by atoms with Crippen LogP contribution in [0, 0.1) is 5.82 Å². The third-order valence-electron chi connectivity index (χ3n) is 2.81. The number of nitrogens with one attached hydrogen (secondary N) is 1. The number of rotatable bonds is 4. The van der Waals surface area contributed by atoms with Crippen LogP contribution in [0.4, 0.5) is 15.8 Å². The Morgan fingerprint density at radius 2 is 2.10 bits per heavy atom. The van der Waals surface area contributed by atoms with Gasteiger partial charge in [0.1, 0.15) is 5.82 Å². The Morgan fingerprint density at radius 1 is 1.33 bits per heavy atom. The van der Waals surface area contributed by atoms with Crippen LogP contribution in [-0.4, -0.2) is 10.5 Å². The molecule has 21 heavy (non-hydrogen) atoms. The molecule has 0 atom stereocenters. The van der Waals surface area contributed by atoms with Crippen molar-refractivity contribution in [3.8, 4) is 0 Å². The maximum atomic E-state index is 12.9. The molecule has 1 aromatic heterocycles. The highest BCUT2D eigenvalue weighted by molar-refractivity contribution is 9.10. The van der Waals surface area contributed by atoms with E-state index in [1.54, 1.807) is 12.3 Å². The molecule has 2 aromatic rings. The van der Waals surface area contributed by atoms with Crippen molar-refractivity contribution in [1.82, 2.24) is 4.57 Å². The van der Waals surface area contributed by atoms with Crippen LogP contribution in [0.2, 0.25) is 0 Å². The van der Waals surface area contributed by atoms with Crippen LogP contribution in [0.15, 0.2) is 45.8 Å². The van der Waals surface area contributed by atoms with Crippen LogP contribution < -0.4 is 16.6 Å². The van der Waals surface area contributed by atoms with Gasteiger partial charge in [0.05, 0.1) is 11.4 Å². The van der Waals surface area contributed by atoms with Crippen LogP contribution in [0.25, 0.3) is 0 Å². The number of halogens is 2. The van der Waals surface area contributed by atoms with Crippen LogP contribution in [0.5, 0.6) is 0 Å². The van der Waals surface area contributed by atoms with Gasteiger partial charge in [-0.05, 0) is 40.2 Å². The number of carbonyl (C=O) groups excluding carboxylic acids is 1. The number of carbonyl (C=O) groups is 1. The molecule has 1 heterocycles. The molecular formula is C14H13BrFN3O2. The fourth-order valence-electron chi connectivity index (χ4n) is 1.76. The van der Waals surface area contributed by atoms with E-state index in [-0.39, 0.29) is 30.1 Å². The first-order chi connectivity index (χ1) is 9.95. The quantitative estimate of drug-likeness (QED) is 0.828. The molecule has 5 nitrogen and oxygen atoms in total. The zero-order valence-electron chi connectivity index (χ0n) is 11.0. The number of aryl methyl sites for hydroxylation is 1. The summed E-state index contributed by atoms with van der Waals surface area (Å²) in [7, 11) is 0. The lowest BCUT2D eigenvalue weighted by atomic mass is 10.2. The van der Waals surface area contributed by atoms with Gasteiger partial charge in [0.25, 0.3) is 5.56 Å². The predicted molar refractivity (Wildman–Crippen MR) is 82.5 cm³/mol. The van der Waals surface area contributed by atoms with E-state index in [2.05, 4.69) is 21.2 Å². The molecule has 0 radical (unpaired) electrons. The molecule has 0 aliphatic carbocycles. The zero-order valence-corrected chi connectivity index (χ0v) is 12.6. The van der Waals surface area contributed by atoms with E-state index in [4.69, 9.17) is 5.73 Å². The fourth-order valence-corrected chi connectivity index (χ4v) is 2.14. The molecule has 0 bridgehead atoms. The second-order valence-electron chi connectivity index (χ2n) is 4.41. The lowest BCUT2D eigenvalue weighted by Crippen LogP contribution is -2.22. The summed E-state index contributed by atoms with van der Waals surface area (Å²) in [4.78, 5) is 23.4. The van der Waals surface area contributed by atoms with Crippen molar-refractivity contribution in [3.05, 3.63) is 57.2 Å². The highest BCUT2D eigenvalue weighted by atomic mass is 79.9. The number of benzene rings is 1. The van der Waals surface area contributed by atoms with Gasteiger partial charge >= 0.3 is 0 Å². The van der Waals surface area contributed by atoms with Gasteiger partial charge in [0.2, 0.25) is 5.91 Å². The summed E-state index contributed by atoms with van der Waals surface area (Å²) in [5.74, 6) is -0.772. The molecule has 1 amide bonds. The average molecular weight is 354 g/mol. The minimum atomic E-state index is -0.466. The number of pyridine rings is 1. The number of nitrogens with two attached hydrogens (primary N) is 1. The lowest BCUT2D eigenvalue weighted by molar-refractivity contribution is -0.116. The van der Waals surface area contributed by atoms with Crippen molar-refractivity contribution < 1.29 is 9.18 Å². The van der Waals surface area contributed by atoms with E-state index in [0.717, 1.165) is 10.5 Å². The van der Waals surface area contributed by atoms with Crippen molar-refractivity contribution >= 4 is 33.2 Å². The van der Waals surface area contributed by atoms with E-state index in [9.17, 15) is 14.0 Å². The molecule has 0 aliphatic heterocycles. The number of nitrogen functional groups attached to an aromatic ring is 1. The second-order valence-corrected chi connectivity index (χ2v) is 5.32. The van der Waals surface area contributed by atoms with Crippen LogP contribution in [0.3, 0.4) is 0 Å². The van der Waals surface area contributed by atoms with Gasteiger partial charge in [-0.2, -0.15) is 0 Å². The molecule has 0 saturated carbocycles. The van der Waals surface area contributed by atoms with Crippen molar-refractivity contribution in [2.45, 2.75) is 13.0 Å². The molecule has 110 valence electrons. The molecule has 3 N–H and O–H groups in total. The second kappa shape index (κ2) is 6.53. The maximum Gasteiger partial charge on any atom is 0.250 e. The maximum absolute atomic E-state index is 12.9. The lowest BCUT2D eigenvalue weighted by Gasteiger charge is -2.09. The Bertz CT molecular complexity index is 730. The highest BCUT2D eigenvalue weighted by Gasteiger charge is 2.07. The van der Waals surface area contributed by atoms with Crippen molar-refractivity contribution in [1.29, 1.82) is 0 Å². The van der Waals surface area contributed by atoms with Crippen LogP contribution in [0.1, 0.15) is 6.42 Å². The Labute approximate surface area is 128 Å². The molecule has 0 unspecified atom stereocenters. The van der Waals surface area contributed by atoms with Crippen LogP contribution >= 0.6 is 15.9 Å². The SMILES string of the molecule is Nc1cc(F)ccc1NC(=O)CCn1cc(Br)ccc1=O. The van der Waals surface area contributed by atoms with E-state index >= 15 is 0 Å². The van der Waals surface area contributed by atoms with Gasteiger partial charge in [-0.1, -0.05) is 0 Å². The van der Waals surface area contributed by atoms with Gasteiger partial charge in [-0.3, -0.25) is 9.59 Å². The van der Waals surface area contributed by atoms with E-state index < -0.39 is 5.82 Å². The van der Waals surface area contributed by atoms with Gasteiger partial charge in [-0.25, -0.2) is 4.39 Å². The number of nitrogens with zero attached hydrogens (tertiary/aromatic N) is 1. The first-order valence-corrected chi connectivity index (χ1v) is 6.96. The number of hydrogen-bond donors (Lipinski definition) is 2. The minimum Gasteiger partial charge on any atom is -0.397 e. The summed E-state index contributed by atoms with van der Waals surface area (Å²) in [6, 6.07) is 6.80. The minimum absolute atomic E-state index is 0.104. The first-order valence-electron chi connectivity index (χ1n) is 6.16. The van der Waals surface area contributed by atoms with Crippen molar-refractivity contribution in [2.24, 2.45) is 0 Å². The summed E-state index contributed by atoms with van der Waals surface area (Å²) in [6.45, 7) is 0.241. The monoisotopic (exact) mass is 353 g/mol. The van der Waals surface area contributed by atoms with Gasteiger partial charge in [0, 0.05) is 29.7 Å². The van der Waals surface area contributed by atoms with Gasteiger partial charge in [0.15, 0.2) is 0 Å². The number of anilines is 2. The summed E-state index contributed by atoms with van der Waals surface area (Å²) < 4.78 is 15.1. The molecule has 0 saturated heterocycles. The zero-order chi connectivity index (χ0) is 15.4. The topological polar surface area (TPSA) is 77.1 Å². The molecular weight excluding hydrogens is 341 g/mol. The van der Waals surface area contributed by atoms with Crippen molar-refractivity contribution in [3.63, 3.8) is 0 Å². The molecule has 1 aromatic carbocycles. The molecule has 2 rings (SSSR count). The molecule has 0 aliphatic rings. The Morgan fingerprint density at radius 3 is 2.81 bits per heavy atom. The van der Waals surface area contributed by atoms with E-state index in [0.29, 0.717) is 5.69 Å². The van der Waals surface area contributed by atoms with E-state index in [1.807, 2.05) is 0 Å². The normalized spacial score (nSPS) is 10.4. The Hall–Kier alpha value is -2.15. The molecule has 0 spiro atoms.